The molecule has 0 aromatic heterocycles. The van der Waals surface area contributed by atoms with E-state index in [1.807, 2.05) is 30.3 Å². The van der Waals surface area contributed by atoms with E-state index in [-0.39, 0.29) is 12.1 Å². The minimum absolute atomic E-state index is 0.213. The SMILES string of the molecule is CN(C)N=C1C[C@@H](c2ccccc2)C(C#N)(C#N)C1(C#N)C#N. The Morgan fingerprint density at radius 2 is 1.57 bits per heavy atom. The van der Waals surface area contributed by atoms with Crippen molar-refractivity contribution in [1.29, 1.82) is 21.0 Å². The van der Waals surface area contributed by atoms with Gasteiger partial charge in [0.2, 0.25) is 5.41 Å². The van der Waals surface area contributed by atoms with Gasteiger partial charge in [-0.05, 0) is 12.0 Å². The molecule has 1 saturated carbocycles. The molecule has 1 atom stereocenters. The molecule has 6 nitrogen and oxygen atoms in total. The predicted molar refractivity (Wildman–Crippen MR) is 82.2 cm³/mol. The third-order valence-corrected chi connectivity index (χ3v) is 4.16. The van der Waals surface area contributed by atoms with Gasteiger partial charge < -0.3 is 5.01 Å². The first-order valence-electron chi connectivity index (χ1n) is 6.96. The Bertz CT molecular complexity index is 767. The zero-order chi connectivity index (χ0) is 17.1. The Hall–Kier alpha value is -3.35. The van der Waals surface area contributed by atoms with Gasteiger partial charge in [-0.3, -0.25) is 0 Å². The fourth-order valence-corrected chi connectivity index (χ4v) is 3.08. The van der Waals surface area contributed by atoms with Gasteiger partial charge in [0.1, 0.15) is 0 Å². The Morgan fingerprint density at radius 3 is 2.00 bits per heavy atom. The molecule has 23 heavy (non-hydrogen) atoms. The normalized spacial score (nSPS) is 22.3. The Kier molecular flexibility index (Phi) is 4.04. The van der Waals surface area contributed by atoms with E-state index < -0.39 is 16.7 Å². The van der Waals surface area contributed by atoms with Crippen molar-refractivity contribution in [2.24, 2.45) is 15.9 Å². The van der Waals surface area contributed by atoms with Gasteiger partial charge in [-0.15, -0.1) is 0 Å². The molecule has 0 saturated heterocycles. The number of hydrazone groups is 1. The van der Waals surface area contributed by atoms with Crippen LogP contribution in [0.2, 0.25) is 0 Å². The molecule has 1 aromatic rings. The van der Waals surface area contributed by atoms with E-state index in [2.05, 4.69) is 5.10 Å². The highest BCUT2D eigenvalue weighted by atomic mass is 15.4. The summed E-state index contributed by atoms with van der Waals surface area (Å²) in [4.78, 5) is 0. The van der Waals surface area contributed by atoms with Gasteiger partial charge in [-0.2, -0.15) is 26.1 Å². The van der Waals surface area contributed by atoms with Crippen molar-refractivity contribution >= 4 is 5.71 Å². The lowest BCUT2D eigenvalue weighted by Gasteiger charge is -2.28. The summed E-state index contributed by atoms with van der Waals surface area (Å²) < 4.78 is 0. The second-order valence-corrected chi connectivity index (χ2v) is 5.57. The first-order valence-corrected chi connectivity index (χ1v) is 6.96. The summed E-state index contributed by atoms with van der Waals surface area (Å²) in [6.45, 7) is 0. The fourth-order valence-electron chi connectivity index (χ4n) is 3.08. The maximum atomic E-state index is 9.75. The van der Waals surface area contributed by atoms with Crippen LogP contribution in [0.3, 0.4) is 0 Å². The monoisotopic (exact) mass is 302 g/mol. The lowest BCUT2D eigenvalue weighted by molar-refractivity contribution is 0.363. The minimum Gasteiger partial charge on any atom is -0.303 e. The largest absolute Gasteiger partial charge is 0.303 e. The van der Waals surface area contributed by atoms with Crippen LogP contribution >= 0.6 is 0 Å². The summed E-state index contributed by atoms with van der Waals surface area (Å²) in [6, 6.07) is 16.8. The molecule has 0 bridgehead atoms. The van der Waals surface area contributed by atoms with Crippen molar-refractivity contribution in [3.8, 4) is 24.3 Å². The van der Waals surface area contributed by atoms with Gasteiger partial charge in [-0.25, -0.2) is 0 Å². The van der Waals surface area contributed by atoms with Gasteiger partial charge in [-0.1, -0.05) is 30.3 Å². The summed E-state index contributed by atoms with van der Waals surface area (Å²) >= 11 is 0. The summed E-state index contributed by atoms with van der Waals surface area (Å²) in [6.07, 6.45) is 0.213. The van der Waals surface area contributed by atoms with E-state index in [1.165, 1.54) is 5.01 Å². The predicted octanol–water partition coefficient (Wildman–Crippen LogP) is 2.16. The summed E-state index contributed by atoms with van der Waals surface area (Å²) in [5.74, 6) is -0.586. The molecule has 2 rings (SSSR count). The number of benzene rings is 1. The summed E-state index contributed by atoms with van der Waals surface area (Å²) in [5, 5.41) is 44.6. The third kappa shape index (κ3) is 2.10. The summed E-state index contributed by atoms with van der Waals surface area (Å²) in [7, 11) is 3.34. The van der Waals surface area contributed by atoms with Crippen molar-refractivity contribution in [3.05, 3.63) is 35.9 Å². The van der Waals surface area contributed by atoms with Crippen LogP contribution in [0.15, 0.2) is 35.4 Å². The molecular formula is C17H14N6. The molecule has 0 heterocycles. The van der Waals surface area contributed by atoms with Gasteiger partial charge in [0.05, 0.1) is 30.0 Å². The zero-order valence-electron chi connectivity index (χ0n) is 12.9. The molecule has 1 aliphatic carbocycles. The highest BCUT2D eigenvalue weighted by Gasteiger charge is 2.68. The fraction of sp³-hybridized carbons (Fsp3) is 0.353. The standard InChI is InChI=1S/C17H14N6/c1-23(2)22-15-8-14(13-6-4-3-5-7-13)16(9-18,10-19)17(15,11-20)12-21/h3-7,14H,8H2,1-2H3/t14-/m0/s1. The molecule has 0 radical (unpaired) electrons. The van der Waals surface area contributed by atoms with E-state index in [1.54, 1.807) is 38.4 Å². The molecule has 0 N–H and O–H groups in total. The van der Waals surface area contributed by atoms with E-state index in [9.17, 15) is 21.0 Å². The van der Waals surface area contributed by atoms with Crippen molar-refractivity contribution in [2.75, 3.05) is 14.1 Å². The second kappa shape index (κ2) is 5.80. The van der Waals surface area contributed by atoms with Crippen LogP contribution in [0, 0.1) is 56.2 Å². The van der Waals surface area contributed by atoms with Crippen LogP contribution in [-0.4, -0.2) is 24.8 Å². The highest BCUT2D eigenvalue weighted by molar-refractivity contribution is 6.00. The van der Waals surface area contributed by atoms with Crippen LogP contribution < -0.4 is 0 Å². The van der Waals surface area contributed by atoms with Crippen molar-refractivity contribution in [3.63, 3.8) is 0 Å². The van der Waals surface area contributed by atoms with Gasteiger partial charge in [0.25, 0.3) is 0 Å². The maximum Gasteiger partial charge on any atom is 0.215 e. The van der Waals surface area contributed by atoms with E-state index in [0.717, 1.165) is 5.56 Å². The molecule has 0 unspecified atom stereocenters. The number of rotatable bonds is 2. The van der Waals surface area contributed by atoms with E-state index >= 15 is 0 Å². The Balaban J connectivity index is 2.79. The molecule has 1 fully saturated rings. The molecular weight excluding hydrogens is 288 g/mol. The lowest BCUT2D eigenvalue weighted by atomic mass is 9.63. The topological polar surface area (TPSA) is 111 Å². The molecule has 1 aliphatic rings. The summed E-state index contributed by atoms with van der Waals surface area (Å²) in [5.41, 5.74) is -2.69. The third-order valence-electron chi connectivity index (χ3n) is 4.16. The number of hydrogen-bond donors (Lipinski definition) is 0. The van der Waals surface area contributed by atoms with Crippen molar-refractivity contribution in [2.45, 2.75) is 12.3 Å². The molecule has 0 spiro atoms. The Labute approximate surface area is 135 Å². The zero-order valence-corrected chi connectivity index (χ0v) is 12.9. The van der Waals surface area contributed by atoms with Crippen LogP contribution in [0.5, 0.6) is 0 Å². The molecule has 1 aromatic carbocycles. The van der Waals surface area contributed by atoms with Crippen molar-refractivity contribution in [1.82, 2.24) is 5.01 Å². The number of nitriles is 4. The number of hydrogen-bond acceptors (Lipinski definition) is 6. The molecule has 0 amide bonds. The maximum absolute atomic E-state index is 9.75. The average molecular weight is 302 g/mol. The molecule has 112 valence electrons. The number of nitrogens with zero attached hydrogens (tertiary/aromatic N) is 6. The van der Waals surface area contributed by atoms with Gasteiger partial charge in [0.15, 0.2) is 5.41 Å². The smallest absolute Gasteiger partial charge is 0.215 e. The van der Waals surface area contributed by atoms with E-state index in [0.29, 0.717) is 0 Å². The Morgan fingerprint density at radius 1 is 1.00 bits per heavy atom. The molecule has 6 heteroatoms. The average Bonchev–Trinajstić information content (AvgIpc) is 2.85. The van der Waals surface area contributed by atoms with Crippen LogP contribution in [0.1, 0.15) is 17.9 Å². The van der Waals surface area contributed by atoms with Crippen LogP contribution in [0.25, 0.3) is 0 Å². The highest BCUT2D eigenvalue weighted by Crippen LogP contribution is 2.58. The minimum atomic E-state index is -1.89. The first kappa shape index (κ1) is 16.0. The van der Waals surface area contributed by atoms with Crippen LogP contribution in [-0.2, 0) is 0 Å². The first-order chi connectivity index (χ1) is 11.0. The lowest BCUT2D eigenvalue weighted by Crippen LogP contribution is -2.40. The van der Waals surface area contributed by atoms with Gasteiger partial charge in [0, 0.05) is 20.0 Å². The second-order valence-electron chi connectivity index (χ2n) is 5.57. The molecule has 0 aliphatic heterocycles. The van der Waals surface area contributed by atoms with Crippen LogP contribution in [0.4, 0.5) is 0 Å². The van der Waals surface area contributed by atoms with E-state index in [4.69, 9.17) is 0 Å². The van der Waals surface area contributed by atoms with Gasteiger partial charge >= 0.3 is 0 Å². The van der Waals surface area contributed by atoms with Crippen molar-refractivity contribution < 1.29 is 0 Å². The quantitative estimate of drug-likeness (QED) is 0.777.